The molecule has 8 heteroatoms. The lowest BCUT2D eigenvalue weighted by atomic mass is 10.1. The minimum atomic E-state index is 0. The average Bonchev–Trinajstić information content (AvgIpc) is 3.24. The van der Waals surface area contributed by atoms with Crippen LogP contribution in [0.1, 0.15) is 18.5 Å². The number of likely N-dealkylation sites (N-methyl/N-ethyl adjacent to an activating group) is 1. The molecule has 134 valence electrons. The average molecular weight is 362 g/mol. The Hall–Kier alpha value is -1.96. The molecule has 0 saturated carbocycles. The molecule has 1 aliphatic heterocycles. The van der Waals surface area contributed by atoms with Crippen LogP contribution in [0, 0.1) is 0 Å². The molecule has 0 amide bonds. The minimum absolute atomic E-state index is 0. The predicted molar refractivity (Wildman–Crippen MR) is 99.8 cm³/mol. The molecule has 0 radical (unpaired) electrons. The lowest BCUT2D eigenvalue weighted by molar-refractivity contribution is 0.194. The van der Waals surface area contributed by atoms with Gasteiger partial charge >= 0.3 is 0 Å². The van der Waals surface area contributed by atoms with Gasteiger partial charge in [-0.3, -0.25) is 9.58 Å². The quantitative estimate of drug-likeness (QED) is 0.766. The zero-order valence-corrected chi connectivity index (χ0v) is 15.4. The van der Waals surface area contributed by atoms with Crippen molar-refractivity contribution in [3.05, 3.63) is 36.5 Å². The Morgan fingerprint density at radius 1 is 1.32 bits per heavy atom. The van der Waals surface area contributed by atoms with E-state index >= 15 is 0 Å². The van der Waals surface area contributed by atoms with Gasteiger partial charge in [0.1, 0.15) is 0 Å². The maximum absolute atomic E-state index is 4.92. The summed E-state index contributed by atoms with van der Waals surface area (Å²) in [6, 6.07) is 2.59. The summed E-state index contributed by atoms with van der Waals surface area (Å²) in [5, 5.41) is 12.1. The third-order valence-electron chi connectivity index (χ3n) is 4.76. The molecule has 0 spiro atoms. The van der Waals surface area contributed by atoms with Crippen LogP contribution in [0.15, 0.2) is 30.9 Å². The van der Waals surface area contributed by atoms with Gasteiger partial charge in [-0.1, -0.05) is 0 Å². The Bertz CT molecular complexity index is 835. The Labute approximate surface area is 153 Å². The number of rotatable bonds is 4. The van der Waals surface area contributed by atoms with Crippen molar-refractivity contribution in [1.82, 2.24) is 34.6 Å². The molecule has 1 fully saturated rings. The minimum Gasteiger partial charge on any atom is -0.315 e. The molecule has 1 N–H and O–H groups in total. The Balaban J connectivity index is 0.00000182. The van der Waals surface area contributed by atoms with Gasteiger partial charge in [0.25, 0.3) is 0 Å². The summed E-state index contributed by atoms with van der Waals surface area (Å²) in [6.45, 7) is 3.00. The summed E-state index contributed by atoms with van der Waals surface area (Å²) in [4.78, 5) is 7.31. The van der Waals surface area contributed by atoms with Gasteiger partial charge in [0.2, 0.25) is 0 Å². The molecule has 3 aromatic heterocycles. The van der Waals surface area contributed by atoms with Gasteiger partial charge in [0.15, 0.2) is 0 Å². The second-order valence-electron chi connectivity index (χ2n) is 6.55. The first kappa shape index (κ1) is 17.8. The maximum atomic E-state index is 4.92. The highest BCUT2D eigenvalue weighted by atomic mass is 35.5. The molecular formula is C17H24ClN7. The Morgan fingerprint density at radius 3 is 2.92 bits per heavy atom. The van der Waals surface area contributed by atoms with Gasteiger partial charge in [-0.05, 0) is 32.5 Å². The van der Waals surface area contributed by atoms with Crippen LogP contribution in [0.5, 0.6) is 0 Å². The summed E-state index contributed by atoms with van der Waals surface area (Å²) in [6.07, 6.45) is 10.1. The Kier molecular flexibility index (Phi) is 5.36. The second kappa shape index (κ2) is 7.51. The largest absolute Gasteiger partial charge is 0.315 e. The van der Waals surface area contributed by atoms with Crippen molar-refractivity contribution in [2.24, 2.45) is 7.05 Å². The fraction of sp³-hybridized carbons (Fsp3) is 0.471. The van der Waals surface area contributed by atoms with E-state index in [-0.39, 0.29) is 12.4 Å². The van der Waals surface area contributed by atoms with E-state index in [0.29, 0.717) is 6.04 Å². The topological polar surface area (TPSA) is 63.3 Å². The molecule has 1 aliphatic rings. The van der Waals surface area contributed by atoms with Crippen LogP contribution in [0.3, 0.4) is 0 Å². The first-order chi connectivity index (χ1) is 11.7. The number of piperidine rings is 1. The zero-order valence-electron chi connectivity index (χ0n) is 14.6. The summed E-state index contributed by atoms with van der Waals surface area (Å²) in [7, 11) is 4.10. The summed E-state index contributed by atoms with van der Waals surface area (Å²) in [5.74, 6) is 0. The molecule has 0 aliphatic carbocycles. The van der Waals surface area contributed by atoms with E-state index in [0.717, 1.165) is 42.1 Å². The second-order valence-corrected chi connectivity index (χ2v) is 6.55. The van der Waals surface area contributed by atoms with Crippen molar-refractivity contribution < 1.29 is 0 Å². The van der Waals surface area contributed by atoms with Crippen LogP contribution >= 0.6 is 12.4 Å². The Morgan fingerprint density at radius 2 is 2.20 bits per heavy atom. The number of halogens is 1. The van der Waals surface area contributed by atoms with Crippen LogP contribution in [0.2, 0.25) is 0 Å². The fourth-order valence-electron chi connectivity index (χ4n) is 3.38. The lowest BCUT2D eigenvalue weighted by Crippen LogP contribution is -2.43. The number of nitrogens with one attached hydrogen (secondary N) is 1. The van der Waals surface area contributed by atoms with Crippen LogP contribution < -0.4 is 5.32 Å². The van der Waals surface area contributed by atoms with Gasteiger partial charge in [0, 0.05) is 37.9 Å². The van der Waals surface area contributed by atoms with Crippen molar-refractivity contribution >= 4 is 17.9 Å². The molecule has 0 aromatic carbocycles. The number of hydrogen-bond acceptors (Lipinski definition) is 5. The molecule has 3 aromatic rings. The smallest absolute Gasteiger partial charge is 0.0921 e. The number of hydrogen-bond donors (Lipinski definition) is 1. The number of aryl methyl sites for hydroxylation is 1. The molecule has 7 nitrogen and oxygen atoms in total. The van der Waals surface area contributed by atoms with Crippen molar-refractivity contribution in [2.45, 2.75) is 25.4 Å². The van der Waals surface area contributed by atoms with E-state index in [2.05, 4.69) is 27.5 Å². The third-order valence-corrected chi connectivity index (χ3v) is 4.76. The molecular weight excluding hydrogens is 338 g/mol. The third kappa shape index (κ3) is 3.68. The summed E-state index contributed by atoms with van der Waals surface area (Å²) >= 11 is 0. The van der Waals surface area contributed by atoms with Crippen molar-refractivity contribution in [1.29, 1.82) is 0 Å². The van der Waals surface area contributed by atoms with Crippen molar-refractivity contribution in [2.75, 3.05) is 20.1 Å². The predicted octanol–water partition coefficient (Wildman–Crippen LogP) is 1.74. The van der Waals surface area contributed by atoms with Crippen LogP contribution in [0.4, 0.5) is 0 Å². The number of fused-ring (bicyclic) bond motifs is 1. The van der Waals surface area contributed by atoms with Crippen LogP contribution in [0.25, 0.3) is 16.8 Å². The molecule has 1 saturated heterocycles. The number of nitrogens with zero attached hydrogens (tertiary/aromatic N) is 6. The fourth-order valence-corrected chi connectivity index (χ4v) is 3.38. The molecule has 1 unspecified atom stereocenters. The molecule has 4 rings (SSSR count). The zero-order chi connectivity index (χ0) is 16.5. The van der Waals surface area contributed by atoms with Crippen molar-refractivity contribution in [3.63, 3.8) is 0 Å². The van der Waals surface area contributed by atoms with Crippen molar-refractivity contribution in [3.8, 4) is 11.3 Å². The first-order valence-corrected chi connectivity index (χ1v) is 8.44. The van der Waals surface area contributed by atoms with E-state index < -0.39 is 0 Å². The normalized spacial score (nSPS) is 17.8. The van der Waals surface area contributed by atoms with E-state index in [4.69, 9.17) is 4.98 Å². The van der Waals surface area contributed by atoms with Gasteiger partial charge < -0.3 is 5.32 Å². The monoisotopic (exact) mass is 361 g/mol. The maximum Gasteiger partial charge on any atom is 0.0921 e. The molecule has 25 heavy (non-hydrogen) atoms. The molecule has 0 bridgehead atoms. The summed E-state index contributed by atoms with van der Waals surface area (Å²) < 4.78 is 3.71. The SMILES string of the molecule is CN(Cc1nc(-c2cnn(C)c2)cn2nccc12)C1CCCNC1.Cl. The van der Waals surface area contributed by atoms with Gasteiger partial charge in [-0.25, -0.2) is 9.50 Å². The van der Waals surface area contributed by atoms with Gasteiger partial charge in [-0.15, -0.1) is 12.4 Å². The molecule has 4 heterocycles. The van der Waals surface area contributed by atoms with Gasteiger partial charge in [-0.2, -0.15) is 10.2 Å². The lowest BCUT2D eigenvalue weighted by Gasteiger charge is -2.31. The first-order valence-electron chi connectivity index (χ1n) is 8.44. The number of aromatic nitrogens is 5. The summed E-state index contributed by atoms with van der Waals surface area (Å²) in [5.41, 5.74) is 4.04. The highest BCUT2D eigenvalue weighted by Gasteiger charge is 2.20. The van der Waals surface area contributed by atoms with E-state index in [1.807, 2.05) is 42.4 Å². The highest BCUT2D eigenvalue weighted by Crippen LogP contribution is 2.21. The van der Waals surface area contributed by atoms with E-state index in [9.17, 15) is 0 Å². The standard InChI is InChI=1S/C17H23N7.ClH/c1-22(14-4-3-6-18-9-14)11-16-17-5-7-19-24(17)12-15(21-16)13-8-20-23(2)10-13;/h5,7-8,10,12,14,18H,3-4,6,9,11H2,1-2H3;1H. The van der Waals surface area contributed by atoms with E-state index in [1.54, 1.807) is 4.68 Å². The van der Waals surface area contributed by atoms with Gasteiger partial charge in [0.05, 0.1) is 35.5 Å². The highest BCUT2D eigenvalue weighted by molar-refractivity contribution is 5.85. The van der Waals surface area contributed by atoms with Crippen LogP contribution in [-0.2, 0) is 13.6 Å². The van der Waals surface area contributed by atoms with E-state index in [1.165, 1.54) is 12.8 Å². The van der Waals surface area contributed by atoms with Crippen LogP contribution in [-0.4, -0.2) is 55.5 Å². The molecule has 1 atom stereocenters.